The molecule has 4 aliphatic rings. The van der Waals surface area contributed by atoms with Crippen molar-refractivity contribution in [1.82, 2.24) is 31.1 Å². The first kappa shape index (κ1) is 35.9. The third-order valence-electron chi connectivity index (χ3n) is 10.7. The third-order valence-corrected chi connectivity index (χ3v) is 11.6. The molecule has 2 aliphatic heterocycles. The van der Waals surface area contributed by atoms with Crippen molar-refractivity contribution in [3.05, 3.63) is 22.4 Å². The van der Waals surface area contributed by atoms with Crippen molar-refractivity contribution >= 4 is 29.2 Å². The van der Waals surface area contributed by atoms with Crippen LogP contribution in [0.5, 0.6) is 0 Å². The predicted molar refractivity (Wildman–Crippen MR) is 177 cm³/mol. The number of alkyl halides is 3. The van der Waals surface area contributed by atoms with Crippen LogP contribution in [0.1, 0.15) is 88.3 Å². The number of hydrogen-bond donors (Lipinski definition) is 4. The number of carbonyl (C=O) groups excluding carboxylic acids is 3. The summed E-state index contributed by atoms with van der Waals surface area (Å²) >= 11 is 1.56. The van der Waals surface area contributed by atoms with Gasteiger partial charge < -0.3 is 31.1 Å². The van der Waals surface area contributed by atoms with E-state index in [1.165, 1.54) is 32.1 Å². The van der Waals surface area contributed by atoms with Crippen LogP contribution in [0.25, 0.3) is 0 Å². The van der Waals surface area contributed by atoms with E-state index in [2.05, 4.69) is 21.3 Å². The minimum absolute atomic E-state index is 0.0249. The zero-order chi connectivity index (χ0) is 33.3. The Hall–Kier alpha value is -2.38. The summed E-state index contributed by atoms with van der Waals surface area (Å²) in [6.07, 6.45) is 8.29. The van der Waals surface area contributed by atoms with E-state index < -0.39 is 18.6 Å². The highest BCUT2D eigenvalue weighted by Gasteiger charge is 2.46. The molecule has 1 unspecified atom stereocenters. The van der Waals surface area contributed by atoms with Gasteiger partial charge in [0.2, 0.25) is 11.8 Å². The molecule has 13 heteroatoms. The summed E-state index contributed by atoms with van der Waals surface area (Å²) in [7, 11) is 0. The van der Waals surface area contributed by atoms with Crippen molar-refractivity contribution in [3.63, 3.8) is 0 Å². The van der Waals surface area contributed by atoms with Crippen LogP contribution in [-0.2, 0) is 16.1 Å². The van der Waals surface area contributed by atoms with E-state index in [0.717, 1.165) is 43.6 Å². The van der Waals surface area contributed by atoms with Crippen molar-refractivity contribution in [2.24, 2.45) is 17.3 Å². The second kappa shape index (κ2) is 16.8. The largest absolute Gasteiger partial charge is 0.401 e. The molecule has 0 radical (unpaired) electrons. The fourth-order valence-electron chi connectivity index (χ4n) is 7.48. The number of amides is 4. The Morgan fingerprint density at radius 3 is 2.43 bits per heavy atom. The monoisotopic (exact) mass is 682 g/mol. The number of piperidine rings is 2. The fourth-order valence-corrected chi connectivity index (χ4v) is 8.12. The molecule has 0 aromatic carbocycles. The SMILES string of the molecule is O=C(NCc1cccs1)[C@H]1CN(C(=O)C(CCCCNCC(F)(F)F)CNC2CCCCC2)CC[C@H]1NC(=O)N1CCC2(CC1)CC2. The van der Waals surface area contributed by atoms with Crippen molar-refractivity contribution < 1.29 is 27.6 Å². The average molecular weight is 683 g/mol. The molecule has 0 bridgehead atoms. The van der Waals surface area contributed by atoms with Gasteiger partial charge in [0.05, 0.1) is 24.9 Å². The summed E-state index contributed by atoms with van der Waals surface area (Å²) in [6, 6.07) is 3.76. The van der Waals surface area contributed by atoms with E-state index in [4.69, 9.17) is 0 Å². The minimum Gasteiger partial charge on any atom is -0.351 e. The van der Waals surface area contributed by atoms with Gasteiger partial charge >= 0.3 is 12.2 Å². The van der Waals surface area contributed by atoms with Gasteiger partial charge in [-0.1, -0.05) is 31.7 Å². The Morgan fingerprint density at radius 2 is 1.74 bits per heavy atom. The molecule has 3 atom stereocenters. The van der Waals surface area contributed by atoms with Gasteiger partial charge in [0.25, 0.3) is 0 Å². The quantitative estimate of drug-likeness (QED) is 0.206. The smallest absolute Gasteiger partial charge is 0.351 e. The number of nitrogens with zero attached hydrogens (tertiary/aromatic N) is 2. The molecule has 4 amide bonds. The van der Waals surface area contributed by atoms with Crippen LogP contribution >= 0.6 is 11.3 Å². The summed E-state index contributed by atoms with van der Waals surface area (Å²) in [5.74, 6) is -1.12. The van der Waals surface area contributed by atoms with Crippen molar-refractivity contribution in [3.8, 4) is 0 Å². The first-order valence-electron chi connectivity index (χ1n) is 17.8. The topological polar surface area (TPSA) is 106 Å². The zero-order valence-corrected chi connectivity index (χ0v) is 28.4. The number of halogens is 3. The minimum atomic E-state index is -4.24. The van der Waals surface area contributed by atoms with Crippen LogP contribution in [0.3, 0.4) is 0 Å². The van der Waals surface area contributed by atoms with Gasteiger partial charge in [0.15, 0.2) is 0 Å². The van der Waals surface area contributed by atoms with E-state index in [1.807, 2.05) is 22.4 Å². The van der Waals surface area contributed by atoms with Gasteiger partial charge in [0.1, 0.15) is 0 Å². The number of thiophene rings is 1. The molecule has 1 aromatic rings. The van der Waals surface area contributed by atoms with Crippen molar-refractivity contribution in [1.29, 1.82) is 0 Å². The van der Waals surface area contributed by atoms with E-state index >= 15 is 0 Å². The highest BCUT2D eigenvalue weighted by Crippen LogP contribution is 2.53. The Balaban J connectivity index is 1.20. The maximum Gasteiger partial charge on any atom is 0.401 e. The fraction of sp³-hybridized carbons (Fsp3) is 0.794. The molecule has 4 N–H and O–H groups in total. The van der Waals surface area contributed by atoms with Crippen LogP contribution in [0.2, 0.25) is 0 Å². The number of urea groups is 1. The van der Waals surface area contributed by atoms with Gasteiger partial charge in [-0.3, -0.25) is 9.59 Å². The van der Waals surface area contributed by atoms with Gasteiger partial charge in [-0.05, 0) is 81.2 Å². The van der Waals surface area contributed by atoms with Gasteiger partial charge in [-0.2, -0.15) is 13.2 Å². The number of rotatable bonds is 14. The Morgan fingerprint density at radius 1 is 0.979 bits per heavy atom. The summed E-state index contributed by atoms with van der Waals surface area (Å²) in [6.45, 7) is 2.27. The molecule has 3 heterocycles. The van der Waals surface area contributed by atoms with Crippen LogP contribution < -0.4 is 21.3 Å². The maximum atomic E-state index is 14.1. The first-order valence-corrected chi connectivity index (χ1v) is 18.6. The molecular formula is C34H53F3N6O3S. The molecule has 5 rings (SSSR count). The third kappa shape index (κ3) is 11.1. The lowest BCUT2D eigenvalue weighted by Crippen LogP contribution is -2.59. The molecular weight excluding hydrogens is 629 g/mol. The average Bonchev–Trinajstić information content (AvgIpc) is 3.59. The highest BCUT2D eigenvalue weighted by molar-refractivity contribution is 7.09. The number of nitrogens with one attached hydrogen (secondary N) is 4. The first-order chi connectivity index (χ1) is 22.6. The second-order valence-corrected chi connectivity index (χ2v) is 15.3. The Bertz CT molecular complexity index is 1150. The normalized spacial score (nSPS) is 23.8. The molecule has 2 saturated heterocycles. The van der Waals surface area contributed by atoms with Crippen LogP contribution in [-0.4, -0.2) is 91.7 Å². The van der Waals surface area contributed by atoms with E-state index in [1.54, 1.807) is 16.2 Å². The second-order valence-electron chi connectivity index (χ2n) is 14.2. The Kier molecular flexibility index (Phi) is 12.9. The van der Waals surface area contributed by atoms with Gasteiger partial charge in [-0.25, -0.2) is 4.79 Å². The van der Waals surface area contributed by atoms with E-state index in [-0.39, 0.29) is 42.9 Å². The zero-order valence-electron chi connectivity index (χ0n) is 27.6. The molecule has 1 aromatic heterocycles. The molecule has 264 valence electrons. The lowest BCUT2D eigenvalue weighted by Gasteiger charge is -2.41. The summed E-state index contributed by atoms with van der Waals surface area (Å²) < 4.78 is 37.6. The highest BCUT2D eigenvalue weighted by atomic mass is 32.1. The van der Waals surface area contributed by atoms with E-state index in [9.17, 15) is 27.6 Å². The number of hydrogen-bond acceptors (Lipinski definition) is 6. The van der Waals surface area contributed by atoms with Gasteiger partial charge in [-0.15, -0.1) is 11.3 Å². The Labute approximate surface area is 281 Å². The van der Waals surface area contributed by atoms with Crippen LogP contribution in [0.4, 0.5) is 18.0 Å². The summed E-state index contributed by atoms with van der Waals surface area (Å²) in [4.78, 5) is 45.8. The molecule has 4 fully saturated rings. The number of carbonyl (C=O) groups is 3. The summed E-state index contributed by atoms with van der Waals surface area (Å²) in [5, 5.41) is 14.2. The lowest BCUT2D eigenvalue weighted by molar-refractivity contribution is -0.140. The molecule has 1 spiro atoms. The maximum absolute atomic E-state index is 14.1. The molecule has 9 nitrogen and oxygen atoms in total. The number of unbranched alkanes of at least 4 members (excludes halogenated alkanes) is 1. The predicted octanol–water partition coefficient (Wildman–Crippen LogP) is 5.03. The van der Waals surface area contributed by atoms with Crippen LogP contribution in [0.15, 0.2) is 17.5 Å². The van der Waals surface area contributed by atoms with E-state index in [0.29, 0.717) is 56.8 Å². The van der Waals surface area contributed by atoms with Crippen molar-refractivity contribution in [2.75, 3.05) is 45.8 Å². The molecule has 2 saturated carbocycles. The van der Waals surface area contributed by atoms with Crippen molar-refractivity contribution in [2.45, 2.75) is 108 Å². The lowest BCUT2D eigenvalue weighted by atomic mass is 9.89. The van der Waals surface area contributed by atoms with Crippen LogP contribution in [0, 0.1) is 17.3 Å². The molecule has 2 aliphatic carbocycles. The standard InChI is InChI=1S/C34H53F3N6O3S/c35-34(36,37)24-38-16-5-4-7-25(21-39-26-8-2-1-3-9-26)31(45)43-17-11-29(28(23-43)30(44)40-22-27-10-6-20-47-27)41-32(46)42-18-14-33(12-13-33)15-19-42/h6,10,20,25-26,28-29,38-39H,1-5,7-9,11-19,21-24H2,(H,40,44)(H,41,46)/t25?,28-,29+/m0/s1. The summed E-state index contributed by atoms with van der Waals surface area (Å²) in [5.41, 5.74) is 0.453. The van der Waals surface area contributed by atoms with Gasteiger partial charge in [0, 0.05) is 49.7 Å². The number of likely N-dealkylation sites (tertiary alicyclic amines) is 2. The molecule has 47 heavy (non-hydrogen) atoms.